The maximum Gasteiger partial charge on any atom is 0.159 e. The highest BCUT2D eigenvalue weighted by atomic mass is 16.7. The summed E-state index contributed by atoms with van der Waals surface area (Å²) >= 11 is 0. The molecule has 86 valence electrons. The highest BCUT2D eigenvalue weighted by Crippen LogP contribution is 2.13. The van der Waals surface area contributed by atoms with Gasteiger partial charge in [-0.3, -0.25) is 0 Å². The minimum Gasteiger partial charge on any atom is -0.353 e. The Balaban J connectivity index is 3.87. The average Bonchev–Trinajstić information content (AvgIpc) is 2.17. The van der Waals surface area contributed by atoms with Crippen LogP contribution in [0.1, 0.15) is 40.5 Å². The first-order chi connectivity index (χ1) is 6.65. The second-order valence-corrected chi connectivity index (χ2v) is 3.63. The van der Waals surface area contributed by atoms with Gasteiger partial charge in [-0.25, -0.2) is 0 Å². The first-order valence-electron chi connectivity index (χ1n) is 5.64. The standard InChI is InChI=1S/C11H25NO2/c1-5-9(4)10(12)8-11(13-6-2)14-7-3/h9-11H,5-8,12H2,1-4H3. The van der Waals surface area contributed by atoms with Crippen molar-refractivity contribution in [3.05, 3.63) is 0 Å². The molecule has 0 heterocycles. The van der Waals surface area contributed by atoms with Gasteiger partial charge in [-0.15, -0.1) is 0 Å². The van der Waals surface area contributed by atoms with Crippen LogP contribution in [0, 0.1) is 5.92 Å². The van der Waals surface area contributed by atoms with Gasteiger partial charge in [0.25, 0.3) is 0 Å². The molecule has 0 aromatic rings. The van der Waals surface area contributed by atoms with Crippen molar-refractivity contribution in [2.75, 3.05) is 13.2 Å². The Kier molecular flexibility index (Phi) is 8.14. The third kappa shape index (κ3) is 5.58. The SMILES string of the molecule is CCOC(CC(N)C(C)CC)OCC. The molecule has 0 aliphatic carbocycles. The van der Waals surface area contributed by atoms with Gasteiger partial charge in [-0.2, -0.15) is 0 Å². The van der Waals surface area contributed by atoms with Crippen molar-refractivity contribution in [1.29, 1.82) is 0 Å². The van der Waals surface area contributed by atoms with Crippen LogP contribution in [-0.2, 0) is 9.47 Å². The summed E-state index contributed by atoms with van der Waals surface area (Å²) in [5, 5.41) is 0. The molecule has 2 unspecified atom stereocenters. The molecule has 0 radical (unpaired) electrons. The molecule has 0 amide bonds. The summed E-state index contributed by atoms with van der Waals surface area (Å²) in [5.41, 5.74) is 6.03. The number of rotatable bonds is 8. The van der Waals surface area contributed by atoms with Crippen molar-refractivity contribution in [3.63, 3.8) is 0 Å². The van der Waals surface area contributed by atoms with E-state index in [0.29, 0.717) is 19.1 Å². The van der Waals surface area contributed by atoms with E-state index < -0.39 is 0 Å². The minimum absolute atomic E-state index is 0.131. The van der Waals surface area contributed by atoms with Crippen LogP contribution in [0.3, 0.4) is 0 Å². The molecule has 0 spiro atoms. The van der Waals surface area contributed by atoms with Crippen LogP contribution in [0.15, 0.2) is 0 Å². The molecule has 2 N–H and O–H groups in total. The second kappa shape index (κ2) is 8.21. The van der Waals surface area contributed by atoms with Crippen LogP contribution >= 0.6 is 0 Å². The van der Waals surface area contributed by atoms with E-state index >= 15 is 0 Å². The van der Waals surface area contributed by atoms with Crippen LogP contribution in [0.25, 0.3) is 0 Å². The zero-order chi connectivity index (χ0) is 11.0. The first kappa shape index (κ1) is 13.9. The Morgan fingerprint density at radius 1 is 1.07 bits per heavy atom. The molecular formula is C11H25NO2. The Morgan fingerprint density at radius 2 is 1.57 bits per heavy atom. The van der Waals surface area contributed by atoms with Gasteiger partial charge in [0.05, 0.1) is 0 Å². The van der Waals surface area contributed by atoms with Crippen molar-refractivity contribution in [3.8, 4) is 0 Å². The Bertz CT molecular complexity index is 124. The van der Waals surface area contributed by atoms with Gasteiger partial charge in [-0.05, 0) is 19.8 Å². The van der Waals surface area contributed by atoms with E-state index in [0.717, 1.165) is 12.8 Å². The first-order valence-corrected chi connectivity index (χ1v) is 5.64. The number of ether oxygens (including phenoxy) is 2. The normalized spacial score (nSPS) is 15.9. The van der Waals surface area contributed by atoms with Gasteiger partial charge in [0.2, 0.25) is 0 Å². The summed E-state index contributed by atoms with van der Waals surface area (Å²) in [5.74, 6) is 0.526. The average molecular weight is 203 g/mol. The fraction of sp³-hybridized carbons (Fsp3) is 1.00. The molecule has 0 aliphatic rings. The molecule has 0 saturated heterocycles. The topological polar surface area (TPSA) is 44.5 Å². The molecule has 0 saturated carbocycles. The Labute approximate surface area is 88.0 Å². The van der Waals surface area contributed by atoms with Crippen molar-refractivity contribution in [1.82, 2.24) is 0 Å². The fourth-order valence-electron chi connectivity index (χ4n) is 1.31. The summed E-state index contributed by atoms with van der Waals surface area (Å²) in [6.07, 6.45) is 1.76. The summed E-state index contributed by atoms with van der Waals surface area (Å²) in [4.78, 5) is 0. The van der Waals surface area contributed by atoms with Gasteiger partial charge in [0.1, 0.15) is 0 Å². The van der Waals surface area contributed by atoms with E-state index in [-0.39, 0.29) is 12.3 Å². The van der Waals surface area contributed by atoms with E-state index in [4.69, 9.17) is 15.2 Å². The molecular weight excluding hydrogens is 178 g/mol. The van der Waals surface area contributed by atoms with Gasteiger partial charge in [0.15, 0.2) is 6.29 Å². The van der Waals surface area contributed by atoms with E-state index in [1.54, 1.807) is 0 Å². The quantitative estimate of drug-likeness (QED) is 0.615. The van der Waals surface area contributed by atoms with Gasteiger partial charge in [0, 0.05) is 25.7 Å². The lowest BCUT2D eigenvalue weighted by Crippen LogP contribution is -2.34. The number of hydrogen-bond acceptors (Lipinski definition) is 3. The minimum atomic E-state index is -0.131. The van der Waals surface area contributed by atoms with E-state index in [2.05, 4.69) is 13.8 Å². The summed E-state index contributed by atoms with van der Waals surface area (Å²) < 4.78 is 10.9. The van der Waals surface area contributed by atoms with Crippen LogP contribution in [-0.4, -0.2) is 25.5 Å². The largest absolute Gasteiger partial charge is 0.353 e. The van der Waals surface area contributed by atoms with E-state index in [1.165, 1.54) is 0 Å². The zero-order valence-electron chi connectivity index (χ0n) is 9.95. The number of hydrogen-bond donors (Lipinski definition) is 1. The van der Waals surface area contributed by atoms with Crippen molar-refractivity contribution >= 4 is 0 Å². The molecule has 0 aliphatic heterocycles. The van der Waals surface area contributed by atoms with Crippen molar-refractivity contribution in [2.24, 2.45) is 11.7 Å². The lowest BCUT2D eigenvalue weighted by molar-refractivity contribution is -0.143. The predicted molar refractivity (Wildman–Crippen MR) is 59.1 cm³/mol. The number of nitrogens with two attached hydrogens (primary N) is 1. The summed E-state index contributed by atoms with van der Waals surface area (Å²) in [6, 6.07) is 0.170. The molecule has 0 bridgehead atoms. The maximum absolute atomic E-state index is 6.03. The molecule has 0 rings (SSSR count). The highest BCUT2D eigenvalue weighted by molar-refractivity contribution is 4.69. The van der Waals surface area contributed by atoms with Crippen molar-refractivity contribution in [2.45, 2.75) is 52.9 Å². The predicted octanol–water partition coefficient (Wildman–Crippen LogP) is 2.15. The van der Waals surface area contributed by atoms with Gasteiger partial charge >= 0.3 is 0 Å². The summed E-state index contributed by atoms with van der Waals surface area (Å²) in [7, 11) is 0. The lowest BCUT2D eigenvalue weighted by atomic mass is 9.97. The molecule has 2 atom stereocenters. The smallest absolute Gasteiger partial charge is 0.159 e. The van der Waals surface area contributed by atoms with Crippen molar-refractivity contribution < 1.29 is 9.47 Å². The third-order valence-corrected chi connectivity index (χ3v) is 2.54. The lowest BCUT2D eigenvalue weighted by Gasteiger charge is -2.24. The van der Waals surface area contributed by atoms with E-state index in [1.807, 2.05) is 13.8 Å². The van der Waals surface area contributed by atoms with Gasteiger partial charge in [-0.1, -0.05) is 20.3 Å². The van der Waals surface area contributed by atoms with E-state index in [9.17, 15) is 0 Å². The fourth-order valence-corrected chi connectivity index (χ4v) is 1.31. The molecule has 0 aromatic carbocycles. The van der Waals surface area contributed by atoms with Gasteiger partial charge < -0.3 is 15.2 Å². The Hall–Kier alpha value is -0.120. The van der Waals surface area contributed by atoms with Crippen LogP contribution in [0.5, 0.6) is 0 Å². The summed E-state index contributed by atoms with van der Waals surface area (Å²) in [6.45, 7) is 9.62. The monoisotopic (exact) mass is 203 g/mol. The Morgan fingerprint density at radius 3 is 1.93 bits per heavy atom. The maximum atomic E-state index is 6.03. The van der Waals surface area contributed by atoms with Crippen LogP contribution < -0.4 is 5.73 Å². The van der Waals surface area contributed by atoms with Crippen LogP contribution in [0.4, 0.5) is 0 Å². The molecule has 0 aromatic heterocycles. The second-order valence-electron chi connectivity index (χ2n) is 3.63. The third-order valence-electron chi connectivity index (χ3n) is 2.54. The van der Waals surface area contributed by atoms with Crippen LogP contribution in [0.2, 0.25) is 0 Å². The molecule has 3 heteroatoms. The molecule has 14 heavy (non-hydrogen) atoms. The molecule has 0 fully saturated rings. The zero-order valence-corrected chi connectivity index (χ0v) is 9.95. The highest BCUT2D eigenvalue weighted by Gasteiger charge is 2.17. The molecule has 3 nitrogen and oxygen atoms in total.